The SMILES string of the molecule is C[C@@H]1C(=O)[C@H](C)[C@@H](c2ccccc2Cl)N[C@@H]1c1ccccc1Cl. The van der Waals surface area contributed by atoms with Crippen molar-refractivity contribution in [3.05, 3.63) is 69.7 Å². The predicted molar refractivity (Wildman–Crippen MR) is 94.9 cm³/mol. The molecule has 1 fully saturated rings. The number of rotatable bonds is 2. The van der Waals surface area contributed by atoms with Crippen LogP contribution in [-0.2, 0) is 4.79 Å². The quantitative estimate of drug-likeness (QED) is 0.806. The van der Waals surface area contributed by atoms with Crippen molar-refractivity contribution in [1.29, 1.82) is 0 Å². The zero-order chi connectivity index (χ0) is 16.6. The van der Waals surface area contributed by atoms with E-state index < -0.39 is 0 Å². The van der Waals surface area contributed by atoms with Crippen LogP contribution in [0.5, 0.6) is 0 Å². The van der Waals surface area contributed by atoms with Gasteiger partial charge in [-0.1, -0.05) is 73.4 Å². The Morgan fingerprint density at radius 1 is 0.783 bits per heavy atom. The van der Waals surface area contributed by atoms with Crippen molar-refractivity contribution < 1.29 is 4.79 Å². The topological polar surface area (TPSA) is 29.1 Å². The largest absolute Gasteiger partial charge is 0.302 e. The Labute approximate surface area is 146 Å². The minimum Gasteiger partial charge on any atom is -0.302 e. The molecule has 0 aliphatic carbocycles. The number of carbonyl (C=O) groups is 1. The minimum atomic E-state index is -0.136. The van der Waals surface area contributed by atoms with Crippen molar-refractivity contribution in [3.63, 3.8) is 0 Å². The molecule has 0 amide bonds. The van der Waals surface area contributed by atoms with E-state index in [1.165, 1.54) is 0 Å². The van der Waals surface area contributed by atoms with Gasteiger partial charge in [-0.15, -0.1) is 0 Å². The van der Waals surface area contributed by atoms with Crippen LogP contribution in [0.25, 0.3) is 0 Å². The highest BCUT2D eigenvalue weighted by Gasteiger charge is 2.41. The van der Waals surface area contributed by atoms with Crippen LogP contribution in [0.3, 0.4) is 0 Å². The first-order valence-corrected chi connectivity index (χ1v) is 8.55. The van der Waals surface area contributed by atoms with E-state index >= 15 is 0 Å². The van der Waals surface area contributed by atoms with Crippen LogP contribution in [-0.4, -0.2) is 5.78 Å². The van der Waals surface area contributed by atoms with E-state index in [-0.39, 0.29) is 29.7 Å². The first-order valence-electron chi connectivity index (χ1n) is 7.79. The molecule has 0 spiro atoms. The van der Waals surface area contributed by atoms with Crippen molar-refractivity contribution in [2.45, 2.75) is 25.9 Å². The van der Waals surface area contributed by atoms with Gasteiger partial charge in [0.15, 0.2) is 0 Å². The Balaban J connectivity index is 2.02. The van der Waals surface area contributed by atoms with Gasteiger partial charge >= 0.3 is 0 Å². The average molecular weight is 348 g/mol. The Morgan fingerprint density at radius 3 is 1.57 bits per heavy atom. The van der Waals surface area contributed by atoms with E-state index in [0.29, 0.717) is 10.0 Å². The summed E-state index contributed by atoms with van der Waals surface area (Å²) >= 11 is 12.7. The van der Waals surface area contributed by atoms with E-state index in [1.54, 1.807) is 0 Å². The van der Waals surface area contributed by atoms with Crippen LogP contribution < -0.4 is 5.32 Å². The molecule has 0 saturated carbocycles. The lowest BCUT2D eigenvalue weighted by atomic mass is 9.76. The molecule has 3 rings (SSSR count). The van der Waals surface area contributed by atoms with E-state index in [0.717, 1.165) is 11.1 Å². The van der Waals surface area contributed by atoms with Crippen LogP contribution in [0, 0.1) is 11.8 Å². The lowest BCUT2D eigenvalue weighted by molar-refractivity contribution is -0.130. The molecule has 0 aromatic heterocycles. The van der Waals surface area contributed by atoms with Crippen molar-refractivity contribution in [2.24, 2.45) is 11.8 Å². The van der Waals surface area contributed by atoms with Crippen LogP contribution in [0.2, 0.25) is 10.0 Å². The van der Waals surface area contributed by atoms with E-state index in [4.69, 9.17) is 23.2 Å². The van der Waals surface area contributed by atoms with Gasteiger partial charge in [0, 0.05) is 34.0 Å². The summed E-state index contributed by atoms with van der Waals surface area (Å²) in [5.41, 5.74) is 1.91. The molecule has 0 radical (unpaired) electrons. The number of ketones is 1. The second-order valence-electron chi connectivity index (χ2n) is 6.14. The summed E-state index contributed by atoms with van der Waals surface area (Å²) in [6, 6.07) is 15.1. The van der Waals surface area contributed by atoms with Crippen molar-refractivity contribution in [2.75, 3.05) is 0 Å². The van der Waals surface area contributed by atoms with Gasteiger partial charge < -0.3 is 5.32 Å². The summed E-state index contributed by atoms with van der Waals surface area (Å²) in [6.07, 6.45) is 0. The maximum atomic E-state index is 12.8. The summed E-state index contributed by atoms with van der Waals surface area (Å²) in [7, 11) is 0. The number of hydrogen-bond acceptors (Lipinski definition) is 2. The third-order valence-electron chi connectivity index (χ3n) is 4.74. The summed E-state index contributed by atoms with van der Waals surface area (Å²) in [6.45, 7) is 3.92. The number of carbonyl (C=O) groups excluding carboxylic acids is 1. The van der Waals surface area contributed by atoms with Gasteiger partial charge in [0.05, 0.1) is 0 Å². The van der Waals surface area contributed by atoms with Gasteiger partial charge in [-0.2, -0.15) is 0 Å². The number of piperidine rings is 1. The normalized spacial score (nSPS) is 27.9. The van der Waals surface area contributed by atoms with Crippen LogP contribution in [0.4, 0.5) is 0 Å². The fourth-order valence-electron chi connectivity index (χ4n) is 3.40. The maximum absolute atomic E-state index is 12.8. The molecular weight excluding hydrogens is 329 g/mol. The van der Waals surface area contributed by atoms with Crippen LogP contribution in [0.1, 0.15) is 37.1 Å². The highest BCUT2D eigenvalue weighted by atomic mass is 35.5. The van der Waals surface area contributed by atoms with Gasteiger partial charge in [-0.05, 0) is 23.3 Å². The number of Topliss-reactive ketones (excluding diaryl/α,β-unsaturated/α-hetero) is 1. The minimum absolute atomic E-state index is 0.117. The highest BCUT2D eigenvalue weighted by molar-refractivity contribution is 6.31. The molecule has 2 aromatic carbocycles. The summed E-state index contributed by atoms with van der Waals surface area (Å²) in [4.78, 5) is 12.8. The molecule has 1 N–H and O–H groups in total. The molecule has 1 aliphatic rings. The summed E-state index contributed by atoms with van der Waals surface area (Å²) in [5, 5.41) is 4.96. The zero-order valence-electron chi connectivity index (χ0n) is 13.1. The van der Waals surface area contributed by atoms with Gasteiger partial charge in [-0.3, -0.25) is 4.79 Å². The number of nitrogens with one attached hydrogen (secondary N) is 1. The van der Waals surface area contributed by atoms with E-state index in [9.17, 15) is 4.79 Å². The molecule has 1 saturated heterocycles. The Kier molecular flexibility index (Phi) is 4.77. The highest BCUT2D eigenvalue weighted by Crippen LogP contribution is 2.41. The fraction of sp³-hybridized carbons (Fsp3) is 0.316. The van der Waals surface area contributed by atoms with Crippen LogP contribution in [0.15, 0.2) is 48.5 Å². The van der Waals surface area contributed by atoms with Gasteiger partial charge in [0.1, 0.15) is 5.78 Å². The molecule has 4 heteroatoms. The van der Waals surface area contributed by atoms with Crippen molar-refractivity contribution >= 4 is 29.0 Å². The van der Waals surface area contributed by atoms with Gasteiger partial charge in [0.25, 0.3) is 0 Å². The van der Waals surface area contributed by atoms with Crippen molar-refractivity contribution in [3.8, 4) is 0 Å². The molecular formula is C19H19Cl2NO. The Bertz CT molecular complexity index is 671. The van der Waals surface area contributed by atoms with Gasteiger partial charge in [0.2, 0.25) is 0 Å². The van der Waals surface area contributed by atoms with Gasteiger partial charge in [-0.25, -0.2) is 0 Å². The number of halogens is 2. The molecule has 2 aromatic rings. The maximum Gasteiger partial charge on any atom is 0.142 e. The summed E-state index contributed by atoms with van der Waals surface area (Å²) in [5.74, 6) is -0.0362. The first kappa shape index (κ1) is 16.5. The third-order valence-corrected chi connectivity index (χ3v) is 5.43. The molecule has 2 nitrogen and oxygen atoms in total. The average Bonchev–Trinajstić information content (AvgIpc) is 2.55. The smallest absolute Gasteiger partial charge is 0.142 e. The molecule has 0 bridgehead atoms. The molecule has 23 heavy (non-hydrogen) atoms. The van der Waals surface area contributed by atoms with Crippen LogP contribution >= 0.6 is 23.2 Å². The monoisotopic (exact) mass is 347 g/mol. The third kappa shape index (κ3) is 3.03. The lowest BCUT2D eigenvalue weighted by Gasteiger charge is -2.40. The standard InChI is InChI=1S/C19H19Cl2NO/c1-11-17(13-7-3-5-9-15(13)20)22-18(12(2)19(11)23)14-8-4-6-10-16(14)21/h3-12,17-18,22H,1-2H3/t11-,12+,17-,18-/m0/s1. The number of hydrogen-bond donors (Lipinski definition) is 1. The van der Waals surface area contributed by atoms with Crippen molar-refractivity contribution in [1.82, 2.24) is 5.32 Å². The zero-order valence-corrected chi connectivity index (χ0v) is 14.6. The summed E-state index contributed by atoms with van der Waals surface area (Å²) < 4.78 is 0. The fourth-order valence-corrected chi connectivity index (χ4v) is 3.90. The van der Waals surface area contributed by atoms with E-state index in [1.807, 2.05) is 62.4 Å². The second-order valence-corrected chi connectivity index (χ2v) is 6.96. The lowest BCUT2D eigenvalue weighted by Crippen LogP contribution is -2.46. The van der Waals surface area contributed by atoms with E-state index in [2.05, 4.69) is 5.32 Å². The molecule has 4 atom stereocenters. The molecule has 0 unspecified atom stereocenters. The predicted octanol–water partition coefficient (Wildman–Crippen LogP) is 5.22. The Morgan fingerprint density at radius 2 is 1.17 bits per heavy atom. The first-order chi connectivity index (χ1) is 11.0. The molecule has 1 aliphatic heterocycles. The Hall–Kier alpha value is -1.35. The number of benzene rings is 2. The molecule has 1 heterocycles. The second kappa shape index (κ2) is 6.64. The molecule has 120 valence electrons.